The lowest BCUT2D eigenvalue weighted by atomic mass is 9.64. The molecule has 2 heterocycles. The Kier molecular flexibility index (Phi) is 4.98. The van der Waals surface area contributed by atoms with E-state index < -0.39 is 35.5 Å². The van der Waals surface area contributed by atoms with Gasteiger partial charge >= 0.3 is 5.97 Å². The van der Waals surface area contributed by atoms with Gasteiger partial charge < -0.3 is 9.47 Å². The van der Waals surface area contributed by atoms with Gasteiger partial charge in [-0.15, -0.1) is 0 Å². The van der Waals surface area contributed by atoms with Gasteiger partial charge in [-0.25, -0.2) is 4.90 Å². The van der Waals surface area contributed by atoms with Crippen molar-refractivity contribution in [2.75, 3.05) is 12.0 Å². The molecule has 0 saturated carbocycles. The van der Waals surface area contributed by atoms with Crippen LogP contribution in [0.1, 0.15) is 17.0 Å². The van der Waals surface area contributed by atoms with Gasteiger partial charge in [0.2, 0.25) is 11.8 Å². The molecule has 1 saturated heterocycles. The summed E-state index contributed by atoms with van der Waals surface area (Å²) in [5.74, 6) is -3.28. The molecule has 3 aliphatic rings. The predicted molar refractivity (Wildman–Crippen MR) is 143 cm³/mol. The van der Waals surface area contributed by atoms with Crippen molar-refractivity contribution in [2.24, 2.45) is 17.8 Å². The predicted octanol–water partition coefficient (Wildman–Crippen LogP) is 5.37. The van der Waals surface area contributed by atoms with Gasteiger partial charge in [-0.2, -0.15) is 0 Å². The summed E-state index contributed by atoms with van der Waals surface area (Å²) in [6.45, 7) is 0. The van der Waals surface area contributed by atoms with E-state index >= 15 is 0 Å². The van der Waals surface area contributed by atoms with Crippen molar-refractivity contribution in [2.45, 2.75) is 5.92 Å². The Balaban J connectivity index is 1.45. The number of anilines is 1. The molecule has 1 aliphatic carbocycles. The third kappa shape index (κ3) is 3.10. The summed E-state index contributed by atoms with van der Waals surface area (Å²) < 4.78 is 11.4. The lowest BCUT2D eigenvalue weighted by Crippen LogP contribution is -2.42. The summed E-state index contributed by atoms with van der Waals surface area (Å²) in [4.78, 5) is 43.1. The molecule has 4 aromatic rings. The van der Waals surface area contributed by atoms with E-state index in [1.807, 2.05) is 72.8 Å². The molecule has 6 nitrogen and oxygen atoms in total. The van der Waals surface area contributed by atoms with Crippen molar-refractivity contribution >= 4 is 39.8 Å². The minimum Gasteiger partial charge on any atom is -0.495 e. The zero-order valence-electron chi connectivity index (χ0n) is 20.5. The van der Waals surface area contributed by atoms with Crippen LogP contribution in [-0.4, -0.2) is 24.9 Å². The fourth-order valence-electron chi connectivity index (χ4n) is 6.34. The van der Waals surface area contributed by atoms with Crippen LogP contribution in [0.5, 0.6) is 11.5 Å². The molecule has 1 fully saturated rings. The number of ether oxygens (including phenoxy) is 2. The number of methoxy groups -OCH3 is 1. The van der Waals surface area contributed by atoms with Crippen LogP contribution in [0, 0.1) is 17.8 Å². The second-order valence-electron chi connectivity index (χ2n) is 9.86. The van der Waals surface area contributed by atoms with E-state index in [2.05, 4.69) is 0 Å². The first-order valence-corrected chi connectivity index (χ1v) is 12.6. The maximum absolute atomic E-state index is 14.1. The van der Waals surface area contributed by atoms with Crippen molar-refractivity contribution in [1.82, 2.24) is 0 Å². The van der Waals surface area contributed by atoms with E-state index in [1.165, 1.54) is 12.0 Å². The first-order chi connectivity index (χ1) is 18.6. The lowest BCUT2D eigenvalue weighted by molar-refractivity contribution is -0.142. The van der Waals surface area contributed by atoms with Gasteiger partial charge in [0, 0.05) is 16.9 Å². The largest absolute Gasteiger partial charge is 0.495 e. The number of rotatable bonds is 3. The number of esters is 1. The van der Waals surface area contributed by atoms with Gasteiger partial charge in [-0.1, -0.05) is 84.9 Å². The highest BCUT2D eigenvalue weighted by atomic mass is 16.5. The van der Waals surface area contributed by atoms with E-state index in [4.69, 9.17) is 9.47 Å². The number of hydrogen-bond acceptors (Lipinski definition) is 5. The van der Waals surface area contributed by atoms with Crippen molar-refractivity contribution in [1.29, 1.82) is 0 Å². The van der Waals surface area contributed by atoms with E-state index in [9.17, 15) is 14.4 Å². The number of carbonyl (C=O) groups excluding carboxylic acids is 3. The summed E-state index contributed by atoms with van der Waals surface area (Å²) in [6.07, 6.45) is 2.01. The van der Waals surface area contributed by atoms with Gasteiger partial charge in [-0.3, -0.25) is 14.4 Å². The summed E-state index contributed by atoms with van der Waals surface area (Å²) in [6, 6.07) is 28.3. The number of benzene rings is 4. The van der Waals surface area contributed by atoms with Gasteiger partial charge in [-0.05, 0) is 28.7 Å². The van der Waals surface area contributed by atoms with Crippen LogP contribution in [0.3, 0.4) is 0 Å². The number of amides is 2. The molecule has 0 unspecified atom stereocenters. The van der Waals surface area contributed by atoms with Crippen molar-refractivity contribution < 1.29 is 23.9 Å². The SMILES string of the molecule is COc1ccccc1N1C(=O)[C@@H]2[C@@H]3C(=O)Oc4c(ccc5ccccc45)C3=C[C@@H](c3ccccc3)[C@@H]2C1=O. The van der Waals surface area contributed by atoms with Gasteiger partial charge in [0.25, 0.3) is 0 Å². The molecule has 2 aliphatic heterocycles. The number of carbonyl (C=O) groups is 3. The Bertz CT molecular complexity index is 1670. The average Bonchev–Trinajstić information content (AvgIpc) is 3.22. The maximum Gasteiger partial charge on any atom is 0.319 e. The molecule has 0 N–H and O–H groups in total. The standard InChI is InChI=1S/C32H23NO5/c1-37-25-14-8-7-13-24(25)33-30(34)26-22(18-9-3-2-4-10-18)17-23-21-16-15-19-11-5-6-12-20(19)29(21)38-32(36)27(23)28(26)31(33)35/h2-17,22,26-28H,1H3/t22-,26-,27+,28-/m0/s1. The van der Waals surface area contributed by atoms with E-state index in [-0.39, 0.29) is 5.91 Å². The number of nitrogens with zero attached hydrogens (tertiary/aromatic N) is 1. The van der Waals surface area contributed by atoms with E-state index in [1.54, 1.807) is 24.3 Å². The minimum atomic E-state index is -0.898. The average molecular weight is 502 g/mol. The molecule has 186 valence electrons. The fourth-order valence-corrected chi connectivity index (χ4v) is 6.34. The molecule has 0 spiro atoms. The summed E-state index contributed by atoms with van der Waals surface area (Å²) in [5, 5.41) is 1.79. The Labute approximate surface area is 219 Å². The topological polar surface area (TPSA) is 72.9 Å². The van der Waals surface area contributed by atoms with Crippen LogP contribution in [0.4, 0.5) is 5.69 Å². The fraction of sp³-hybridized carbons (Fsp3) is 0.156. The summed E-state index contributed by atoms with van der Waals surface area (Å²) in [7, 11) is 1.50. The Morgan fingerprint density at radius 2 is 1.47 bits per heavy atom. The molecule has 2 amide bonds. The molecule has 7 rings (SSSR count). The Hall–Kier alpha value is -4.71. The molecule has 6 heteroatoms. The van der Waals surface area contributed by atoms with Crippen LogP contribution < -0.4 is 14.4 Å². The quantitative estimate of drug-likeness (QED) is 0.214. The molecular weight excluding hydrogens is 478 g/mol. The number of allylic oxidation sites excluding steroid dienone is 1. The summed E-state index contributed by atoms with van der Waals surface area (Å²) >= 11 is 0. The van der Waals surface area contributed by atoms with E-state index in [0.29, 0.717) is 17.2 Å². The molecule has 0 aromatic heterocycles. The number of imide groups is 1. The van der Waals surface area contributed by atoms with Crippen LogP contribution in [-0.2, 0) is 14.4 Å². The monoisotopic (exact) mass is 501 g/mol. The molecular formula is C32H23NO5. The van der Waals surface area contributed by atoms with Crippen LogP contribution in [0.25, 0.3) is 16.3 Å². The van der Waals surface area contributed by atoms with Crippen molar-refractivity contribution in [3.63, 3.8) is 0 Å². The zero-order valence-corrected chi connectivity index (χ0v) is 20.5. The number of hydrogen-bond donors (Lipinski definition) is 0. The molecule has 0 bridgehead atoms. The maximum atomic E-state index is 14.1. The third-order valence-electron chi connectivity index (χ3n) is 8.00. The van der Waals surface area contributed by atoms with Gasteiger partial charge in [0.1, 0.15) is 11.5 Å². The lowest BCUT2D eigenvalue weighted by Gasteiger charge is -2.38. The first kappa shape index (κ1) is 22.5. The van der Waals surface area contributed by atoms with Crippen LogP contribution in [0.2, 0.25) is 0 Å². The highest BCUT2D eigenvalue weighted by molar-refractivity contribution is 6.25. The van der Waals surface area contributed by atoms with Crippen molar-refractivity contribution in [3.8, 4) is 11.5 Å². The summed E-state index contributed by atoms with van der Waals surface area (Å²) in [5.41, 5.74) is 2.81. The minimum absolute atomic E-state index is 0.342. The number of fused-ring (bicyclic) bond motifs is 7. The van der Waals surface area contributed by atoms with Gasteiger partial charge in [0.05, 0.1) is 30.6 Å². The van der Waals surface area contributed by atoms with Crippen LogP contribution >= 0.6 is 0 Å². The highest BCUT2D eigenvalue weighted by Gasteiger charge is 2.60. The molecule has 4 aromatic carbocycles. The zero-order chi connectivity index (χ0) is 26.0. The number of para-hydroxylation sites is 2. The normalized spacial score (nSPS) is 23.9. The molecule has 38 heavy (non-hydrogen) atoms. The van der Waals surface area contributed by atoms with Gasteiger partial charge in [0.15, 0.2) is 0 Å². The smallest absolute Gasteiger partial charge is 0.319 e. The van der Waals surface area contributed by atoms with Crippen molar-refractivity contribution in [3.05, 3.63) is 108 Å². The highest BCUT2D eigenvalue weighted by Crippen LogP contribution is 2.56. The van der Waals surface area contributed by atoms with E-state index in [0.717, 1.165) is 27.5 Å². The first-order valence-electron chi connectivity index (χ1n) is 12.6. The molecule has 0 radical (unpaired) electrons. The molecule has 4 atom stereocenters. The Morgan fingerprint density at radius 3 is 2.29 bits per heavy atom. The second-order valence-corrected chi connectivity index (χ2v) is 9.86. The third-order valence-corrected chi connectivity index (χ3v) is 8.00. The second kappa shape index (κ2) is 8.42. The van der Waals surface area contributed by atoms with Crippen LogP contribution in [0.15, 0.2) is 97.1 Å². The Morgan fingerprint density at radius 1 is 0.763 bits per heavy atom.